The topological polar surface area (TPSA) is 31.4 Å². The number of hydrogen-bond donors (Lipinski definition) is 0. The van der Waals surface area contributed by atoms with E-state index in [0.29, 0.717) is 5.46 Å². The first-order chi connectivity index (χ1) is 9.35. The molecular weight excluding hydrogens is 282 g/mol. The molecule has 0 unspecified atom stereocenters. The Morgan fingerprint density at radius 3 is 1.95 bits per heavy atom. The fraction of sp³-hybridized carbons (Fsp3) is 0.643. The molecule has 2 rings (SSSR count). The molecule has 3 nitrogen and oxygen atoms in total. The predicted molar refractivity (Wildman–Crippen MR) is 74.4 cm³/mol. The van der Waals surface area contributed by atoms with E-state index in [1.807, 2.05) is 27.7 Å². The van der Waals surface area contributed by atoms with Crippen molar-refractivity contribution < 1.29 is 22.5 Å². The Morgan fingerprint density at radius 1 is 1.05 bits per heavy atom. The number of rotatable bonds is 1. The van der Waals surface area contributed by atoms with Crippen LogP contribution in [0.15, 0.2) is 6.07 Å². The van der Waals surface area contributed by atoms with Gasteiger partial charge in [0, 0.05) is 11.2 Å². The van der Waals surface area contributed by atoms with Crippen molar-refractivity contribution in [2.75, 3.05) is 0 Å². The van der Waals surface area contributed by atoms with Crippen LogP contribution in [-0.2, 0) is 15.5 Å². The van der Waals surface area contributed by atoms with Gasteiger partial charge in [-0.25, -0.2) is 4.98 Å². The van der Waals surface area contributed by atoms with Gasteiger partial charge < -0.3 is 9.31 Å². The smallest absolute Gasteiger partial charge is 0.399 e. The Bertz CT molecular complexity index is 554. The molecule has 0 amide bonds. The number of pyridine rings is 1. The van der Waals surface area contributed by atoms with E-state index >= 15 is 0 Å². The zero-order chi connectivity index (χ0) is 16.2. The van der Waals surface area contributed by atoms with Crippen LogP contribution in [0.2, 0.25) is 0 Å². The zero-order valence-electron chi connectivity index (χ0n) is 13.1. The number of aryl methyl sites for hydroxylation is 2. The summed E-state index contributed by atoms with van der Waals surface area (Å²) >= 11 is 0. The highest BCUT2D eigenvalue weighted by Gasteiger charge is 2.52. The summed E-state index contributed by atoms with van der Waals surface area (Å²) < 4.78 is 50.3. The molecule has 1 saturated heterocycles. The zero-order valence-corrected chi connectivity index (χ0v) is 13.1. The third kappa shape index (κ3) is 2.81. The first kappa shape index (κ1) is 16.3. The number of hydrogen-bond acceptors (Lipinski definition) is 3. The molecule has 0 spiro atoms. The molecular formula is C14H19BF3NO2. The van der Waals surface area contributed by atoms with Crippen LogP contribution in [-0.4, -0.2) is 23.3 Å². The summed E-state index contributed by atoms with van der Waals surface area (Å²) in [7, 11) is -0.705. The van der Waals surface area contributed by atoms with Crippen LogP contribution in [0.3, 0.4) is 0 Å². The molecule has 0 aliphatic carbocycles. The monoisotopic (exact) mass is 301 g/mol. The summed E-state index contributed by atoms with van der Waals surface area (Å²) in [6.45, 7) is 10.5. The molecule has 0 radical (unpaired) electrons. The van der Waals surface area contributed by atoms with E-state index in [9.17, 15) is 13.2 Å². The van der Waals surface area contributed by atoms with Crippen LogP contribution in [0.5, 0.6) is 0 Å². The van der Waals surface area contributed by atoms with Gasteiger partial charge in [0.1, 0.15) is 5.69 Å². The summed E-state index contributed by atoms with van der Waals surface area (Å²) in [5.74, 6) is 0. The third-order valence-electron chi connectivity index (χ3n) is 4.22. The molecule has 0 saturated carbocycles. The minimum atomic E-state index is -4.46. The summed E-state index contributed by atoms with van der Waals surface area (Å²) in [4.78, 5) is 3.70. The fourth-order valence-electron chi connectivity index (χ4n) is 2.22. The highest BCUT2D eigenvalue weighted by atomic mass is 19.4. The maximum atomic E-state index is 12.9. The molecule has 0 bridgehead atoms. The van der Waals surface area contributed by atoms with Gasteiger partial charge in [0.2, 0.25) is 0 Å². The van der Waals surface area contributed by atoms with E-state index in [1.165, 1.54) is 19.9 Å². The number of alkyl halides is 3. The van der Waals surface area contributed by atoms with E-state index in [1.54, 1.807) is 0 Å². The maximum Gasteiger partial charge on any atom is 0.496 e. The second kappa shape index (κ2) is 4.71. The minimum Gasteiger partial charge on any atom is -0.399 e. The molecule has 0 aromatic carbocycles. The standard InChI is InChI=1S/C14H19BF3NO2/c1-8-7-10(9(2)19-11(8)14(16,17)18)15-20-12(3,4)13(5,6)21-15/h7H,1-6H3. The Labute approximate surface area is 123 Å². The first-order valence-corrected chi connectivity index (χ1v) is 6.76. The van der Waals surface area contributed by atoms with Gasteiger partial charge in [0.25, 0.3) is 0 Å². The molecule has 7 heteroatoms. The summed E-state index contributed by atoms with van der Waals surface area (Å²) in [6.07, 6.45) is -4.46. The quantitative estimate of drug-likeness (QED) is 0.747. The van der Waals surface area contributed by atoms with Gasteiger partial charge >= 0.3 is 13.3 Å². The molecule has 1 fully saturated rings. The third-order valence-corrected chi connectivity index (χ3v) is 4.22. The Kier molecular flexibility index (Phi) is 3.66. The van der Waals surface area contributed by atoms with Crippen molar-refractivity contribution in [3.8, 4) is 0 Å². The number of halogens is 3. The highest BCUT2D eigenvalue weighted by Crippen LogP contribution is 2.37. The Balaban J connectivity index is 2.42. The fourth-order valence-corrected chi connectivity index (χ4v) is 2.22. The molecule has 1 aliphatic rings. The Hall–Kier alpha value is -1.08. The average molecular weight is 301 g/mol. The van der Waals surface area contributed by atoms with Gasteiger partial charge in [-0.2, -0.15) is 13.2 Å². The normalized spacial score (nSPS) is 20.9. The number of nitrogens with zero attached hydrogens (tertiary/aromatic N) is 1. The molecule has 1 aromatic rings. The summed E-state index contributed by atoms with van der Waals surface area (Å²) in [5, 5.41) is 0. The molecule has 1 aliphatic heterocycles. The predicted octanol–water partition coefficient (Wildman–Crippen LogP) is 3.02. The molecule has 0 atom stereocenters. The largest absolute Gasteiger partial charge is 0.496 e. The summed E-state index contributed by atoms with van der Waals surface area (Å²) in [5.41, 5.74) is -1.06. The molecule has 0 N–H and O–H groups in total. The van der Waals surface area contributed by atoms with Gasteiger partial charge in [0.15, 0.2) is 0 Å². The van der Waals surface area contributed by atoms with E-state index in [4.69, 9.17) is 9.31 Å². The van der Waals surface area contributed by atoms with Crippen LogP contribution in [0.4, 0.5) is 13.2 Å². The molecule has 1 aromatic heterocycles. The van der Waals surface area contributed by atoms with E-state index < -0.39 is 30.2 Å². The van der Waals surface area contributed by atoms with Crippen LogP contribution in [0.25, 0.3) is 0 Å². The summed E-state index contributed by atoms with van der Waals surface area (Å²) in [6, 6.07) is 1.45. The SMILES string of the molecule is Cc1cc(B2OC(C)(C)C(C)(C)O2)c(C)nc1C(F)(F)F. The van der Waals surface area contributed by atoms with Crippen LogP contribution in [0.1, 0.15) is 44.6 Å². The van der Waals surface area contributed by atoms with Crippen molar-refractivity contribution in [1.82, 2.24) is 4.98 Å². The van der Waals surface area contributed by atoms with E-state index in [-0.39, 0.29) is 11.3 Å². The van der Waals surface area contributed by atoms with Crippen LogP contribution in [0, 0.1) is 13.8 Å². The lowest BCUT2D eigenvalue weighted by atomic mass is 9.77. The average Bonchev–Trinajstić information content (AvgIpc) is 2.49. The van der Waals surface area contributed by atoms with Crippen molar-refractivity contribution in [3.63, 3.8) is 0 Å². The van der Waals surface area contributed by atoms with Gasteiger partial charge in [-0.3, -0.25) is 0 Å². The van der Waals surface area contributed by atoms with E-state index in [2.05, 4.69) is 4.98 Å². The lowest BCUT2D eigenvalue weighted by molar-refractivity contribution is -0.141. The van der Waals surface area contributed by atoms with Crippen molar-refractivity contribution in [3.05, 3.63) is 23.0 Å². The molecule has 116 valence electrons. The van der Waals surface area contributed by atoms with Gasteiger partial charge in [0.05, 0.1) is 11.2 Å². The highest BCUT2D eigenvalue weighted by molar-refractivity contribution is 6.62. The lowest BCUT2D eigenvalue weighted by Crippen LogP contribution is -2.41. The van der Waals surface area contributed by atoms with Crippen molar-refractivity contribution in [2.45, 2.75) is 58.9 Å². The van der Waals surface area contributed by atoms with Crippen molar-refractivity contribution >= 4 is 12.6 Å². The van der Waals surface area contributed by atoms with Gasteiger partial charge in [-0.05, 0) is 47.1 Å². The maximum absolute atomic E-state index is 12.9. The van der Waals surface area contributed by atoms with Crippen molar-refractivity contribution in [1.29, 1.82) is 0 Å². The second-order valence-electron chi connectivity index (χ2n) is 6.41. The molecule has 2 heterocycles. The second-order valence-corrected chi connectivity index (χ2v) is 6.41. The molecule has 21 heavy (non-hydrogen) atoms. The van der Waals surface area contributed by atoms with Crippen LogP contribution >= 0.6 is 0 Å². The Morgan fingerprint density at radius 2 is 1.52 bits per heavy atom. The van der Waals surface area contributed by atoms with E-state index in [0.717, 1.165) is 0 Å². The van der Waals surface area contributed by atoms with Crippen molar-refractivity contribution in [2.24, 2.45) is 0 Å². The number of aromatic nitrogens is 1. The van der Waals surface area contributed by atoms with Gasteiger partial charge in [-0.15, -0.1) is 0 Å². The van der Waals surface area contributed by atoms with Gasteiger partial charge in [-0.1, -0.05) is 6.07 Å². The first-order valence-electron chi connectivity index (χ1n) is 6.76. The lowest BCUT2D eigenvalue weighted by Gasteiger charge is -2.32. The van der Waals surface area contributed by atoms with Crippen LogP contribution < -0.4 is 5.46 Å². The minimum absolute atomic E-state index is 0.0674.